The Bertz CT molecular complexity index is 2130. The van der Waals surface area contributed by atoms with E-state index in [0.717, 1.165) is 38.5 Å². The number of aliphatic hydroxyl groups excluding tert-OH is 14. The van der Waals surface area contributed by atoms with Gasteiger partial charge in [-0.1, -0.05) is 60.1 Å². The van der Waals surface area contributed by atoms with Crippen molar-refractivity contribution < 1.29 is 114 Å². The lowest BCUT2D eigenvalue weighted by molar-refractivity contribution is -0.412. The van der Waals surface area contributed by atoms with Crippen molar-refractivity contribution in [2.24, 2.45) is 50.2 Å². The summed E-state index contributed by atoms with van der Waals surface area (Å²) in [5, 5.41) is 153. The molecule has 23 nitrogen and oxygen atoms in total. The van der Waals surface area contributed by atoms with Gasteiger partial charge < -0.3 is 109 Å². The SMILES string of the molecule is C[C@@H]1O[C@@H](O[C@H]2[C@@H](O[C@@H]3O[C@H](CO)[C@H](O)[C@H](O)[C@H]3O[C@@H]3O[C@H](CO)[C@@H](O)[C@H](O)[C@H]3O)O[C@H](C(=O)OC3CC[C@@]4(C)C(CC[C@]5(C)C4CC=C4[C@H]6CC(C)(C)CC[C@]6(CO)[C@@H](O)C[C@]45C)C3(C)C)[C@H](O)[C@@H]2O)[C@H](O)[C@H](O)[C@H]1O. The molecule has 9 aliphatic rings. The summed E-state index contributed by atoms with van der Waals surface area (Å²) in [5.74, 6) is -0.834. The number of ether oxygens (including phenoxy) is 8. The molecule has 23 heteroatoms. The van der Waals surface area contributed by atoms with E-state index in [-0.39, 0.29) is 46.0 Å². The van der Waals surface area contributed by atoms with Crippen molar-refractivity contribution in [1.29, 1.82) is 0 Å². The Labute approximate surface area is 449 Å². The minimum atomic E-state index is -2.16. The first kappa shape index (κ1) is 60.0. The van der Waals surface area contributed by atoms with Crippen LogP contribution in [-0.2, 0) is 42.7 Å². The van der Waals surface area contributed by atoms with Crippen molar-refractivity contribution >= 4 is 5.97 Å². The third-order valence-electron chi connectivity index (χ3n) is 21.5. The summed E-state index contributed by atoms with van der Waals surface area (Å²) in [6.07, 6.45) is -29.9. The zero-order valence-corrected chi connectivity index (χ0v) is 45.4. The molecule has 4 aliphatic heterocycles. The quantitative estimate of drug-likeness (QED) is 0.0783. The third-order valence-corrected chi connectivity index (χ3v) is 21.5. The average molecular weight is 1110 g/mol. The summed E-state index contributed by atoms with van der Waals surface area (Å²) in [6, 6.07) is 0. The molecular weight excluding hydrogens is 1020 g/mol. The molecule has 9 rings (SSSR count). The van der Waals surface area contributed by atoms with Crippen LogP contribution >= 0.6 is 0 Å². The first-order valence-corrected chi connectivity index (χ1v) is 27.8. The fraction of sp³-hybridized carbons (Fsp3) is 0.944. The van der Waals surface area contributed by atoms with Crippen molar-refractivity contribution in [1.82, 2.24) is 0 Å². The Morgan fingerprint density at radius 2 is 1.14 bits per heavy atom. The number of hydrogen-bond donors (Lipinski definition) is 14. The van der Waals surface area contributed by atoms with E-state index in [1.54, 1.807) is 0 Å². The smallest absolute Gasteiger partial charge is 0.338 e. The standard InChI is InChI=1S/C54H88O23/c1-22-31(59)34(62)39(67)45(70-22)75-43-38(66)37(65)41(74-48(43)77-47-42(36(64)33(61)26(20-56)72-47)76-46-40(68)35(63)32(60)25(19-55)71-46)44(69)73-30-12-13-51(6)27(50(30,4)5)11-14-52(7)28(51)10-9-23-24-17-49(2,3)15-16-54(24,21-57)29(58)18-53(23,52)8/h9,22,24-43,45-48,55-68H,10-21H2,1-8H3/t22-,24+,25+,26+,27?,28?,29-,30?,31-,32+,33-,34+,35-,36-,37+,38-,39+,40+,41-,42+,43+,45-,46-,47-,48+,51-,52+,53+,54+/m0/s1. The highest BCUT2D eigenvalue weighted by molar-refractivity contribution is 5.76. The van der Waals surface area contributed by atoms with Crippen LogP contribution in [0.1, 0.15) is 113 Å². The fourth-order valence-electron chi connectivity index (χ4n) is 16.5. The molecule has 4 saturated carbocycles. The molecule has 0 bridgehead atoms. The summed E-state index contributed by atoms with van der Waals surface area (Å²) in [6.45, 7) is 15.3. The fourth-order valence-corrected chi connectivity index (χ4v) is 16.5. The largest absolute Gasteiger partial charge is 0.460 e. The number of fused-ring (bicyclic) bond motifs is 7. The topological polar surface area (TPSA) is 374 Å². The number of carbonyl (C=O) groups is 1. The number of aliphatic hydroxyl groups is 14. The van der Waals surface area contributed by atoms with Crippen molar-refractivity contribution in [3.63, 3.8) is 0 Å². The number of hydrogen-bond acceptors (Lipinski definition) is 23. The maximum Gasteiger partial charge on any atom is 0.338 e. The van der Waals surface area contributed by atoms with E-state index in [0.29, 0.717) is 19.3 Å². The summed E-state index contributed by atoms with van der Waals surface area (Å²) >= 11 is 0. The van der Waals surface area contributed by atoms with Gasteiger partial charge in [0.25, 0.3) is 0 Å². The molecular formula is C54H88O23. The molecule has 77 heavy (non-hydrogen) atoms. The molecule has 5 aliphatic carbocycles. The molecule has 442 valence electrons. The van der Waals surface area contributed by atoms with E-state index >= 15 is 0 Å². The van der Waals surface area contributed by atoms with E-state index in [4.69, 9.17) is 37.9 Å². The van der Waals surface area contributed by atoms with Gasteiger partial charge in [0.2, 0.25) is 0 Å². The maximum atomic E-state index is 14.7. The van der Waals surface area contributed by atoms with Crippen LogP contribution in [0.25, 0.3) is 0 Å². The van der Waals surface area contributed by atoms with Crippen molar-refractivity contribution in [2.45, 2.75) is 248 Å². The molecule has 8 fully saturated rings. The summed E-state index contributed by atoms with van der Waals surface area (Å²) in [5.41, 5.74) is -0.612. The lowest BCUT2D eigenvalue weighted by Gasteiger charge is -2.72. The van der Waals surface area contributed by atoms with Gasteiger partial charge >= 0.3 is 5.97 Å². The van der Waals surface area contributed by atoms with Gasteiger partial charge in [-0.25, -0.2) is 4.79 Å². The zero-order chi connectivity index (χ0) is 56.4. The van der Waals surface area contributed by atoms with E-state index in [1.807, 2.05) is 0 Å². The van der Waals surface area contributed by atoms with Crippen LogP contribution in [0.5, 0.6) is 0 Å². The van der Waals surface area contributed by atoms with Crippen LogP contribution in [0.15, 0.2) is 11.6 Å². The lowest BCUT2D eigenvalue weighted by Crippen LogP contribution is -2.68. The Kier molecular flexibility index (Phi) is 16.8. The molecule has 0 aromatic rings. The van der Waals surface area contributed by atoms with Gasteiger partial charge in [-0.05, 0) is 104 Å². The normalized spacial score (nSPS) is 54.4. The van der Waals surface area contributed by atoms with E-state index in [1.165, 1.54) is 12.5 Å². The minimum absolute atomic E-state index is 0.0250. The first-order valence-electron chi connectivity index (χ1n) is 27.8. The van der Waals surface area contributed by atoms with Crippen molar-refractivity contribution in [2.75, 3.05) is 19.8 Å². The van der Waals surface area contributed by atoms with Crippen molar-refractivity contribution in [3.8, 4) is 0 Å². The van der Waals surface area contributed by atoms with Gasteiger partial charge in [-0.2, -0.15) is 0 Å². The molecule has 4 heterocycles. The number of allylic oxidation sites excluding steroid dienone is 2. The number of carbonyl (C=O) groups excluding carboxylic acids is 1. The second-order valence-corrected chi connectivity index (χ2v) is 26.4. The molecule has 0 spiro atoms. The highest BCUT2D eigenvalue weighted by atomic mass is 16.8. The first-order chi connectivity index (χ1) is 36.0. The number of rotatable bonds is 11. The monoisotopic (exact) mass is 1100 g/mol. The van der Waals surface area contributed by atoms with Gasteiger partial charge in [0.15, 0.2) is 31.3 Å². The predicted molar refractivity (Wildman–Crippen MR) is 263 cm³/mol. The van der Waals surface area contributed by atoms with Gasteiger partial charge in [-0.3, -0.25) is 0 Å². The summed E-state index contributed by atoms with van der Waals surface area (Å²) in [7, 11) is 0. The highest BCUT2D eigenvalue weighted by Gasteiger charge is 2.70. The van der Waals surface area contributed by atoms with Crippen LogP contribution in [0.2, 0.25) is 0 Å². The Balaban J connectivity index is 0.975. The average Bonchev–Trinajstić information content (AvgIpc) is 3.39. The van der Waals surface area contributed by atoms with Gasteiger partial charge in [0.1, 0.15) is 91.6 Å². The van der Waals surface area contributed by atoms with Gasteiger partial charge in [0.05, 0.1) is 32.0 Å². The summed E-state index contributed by atoms with van der Waals surface area (Å²) in [4.78, 5) is 14.7. The van der Waals surface area contributed by atoms with Crippen LogP contribution in [0, 0.1) is 50.2 Å². The molecule has 0 amide bonds. The second-order valence-electron chi connectivity index (χ2n) is 26.4. The van der Waals surface area contributed by atoms with Crippen LogP contribution < -0.4 is 0 Å². The van der Waals surface area contributed by atoms with E-state index in [2.05, 4.69) is 54.5 Å². The number of esters is 1. The second kappa shape index (κ2) is 21.5. The molecule has 0 radical (unpaired) electrons. The molecule has 0 aromatic carbocycles. The van der Waals surface area contributed by atoms with Crippen LogP contribution in [0.3, 0.4) is 0 Å². The van der Waals surface area contributed by atoms with E-state index < -0.39 is 165 Å². The predicted octanol–water partition coefficient (Wildman–Crippen LogP) is -2.04. The maximum absolute atomic E-state index is 14.7. The summed E-state index contributed by atoms with van der Waals surface area (Å²) < 4.78 is 47.4. The zero-order valence-electron chi connectivity index (χ0n) is 45.4. The molecule has 0 aromatic heterocycles. The minimum Gasteiger partial charge on any atom is -0.460 e. The van der Waals surface area contributed by atoms with Crippen molar-refractivity contribution in [3.05, 3.63) is 11.6 Å². The van der Waals surface area contributed by atoms with E-state index in [9.17, 15) is 76.3 Å². The lowest BCUT2D eigenvalue weighted by atomic mass is 9.33. The van der Waals surface area contributed by atoms with Gasteiger partial charge in [0, 0.05) is 10.8 Å². The highest BCUT2D eigenvalue weighted by Crippen LogP contribution is 2.76. The molecule has 4 saturated heterocycles. The van der Waals surface area contributed by atoms with Gasteiger partial charge in [-0.15, -0.1) is 0 Å². The third kappa shape index (κ3) is 9.70. The molecule has 3 unspecified atom stereocenters. The van der Waals surface area contributed by atoms with Crippen LogP contribution in [-0.4, -0.2) is 232 Å². The molecule has 29 atom stereocenters. The Hall–Kier alpha value is -1.63. The molecule has 14 N–H and O–H groups in total. The Morgan fingerprint density at radius 3 is 1.75 bits per heavy atom. The van der Waals surface area contributed by atoms with Crippen LogP contribution in [0.4, 0.5) is 0 Å². The Morgan fingerprint density at radius 1 is 0.584 bits per heavy atom.